The van der Waals surface area contributed by atoms with Crippen molar-refractivity contribution in [3.8, 4) is 0 Å². The number of nitrogen functional groups attached to an aromatic ring is 1. The monoisotopic (exact) mass is 265 g/mol. The van der Waals surface area contributed by atoms with Gasteiger partial charge in [0.1, 0.15) is 11.7 Å². The largest absolute Gasteiger partial charge is 0.384 e. The van der Waals surface area contributed by atoms with Crippen molar-refractivity contribution in [2.24, 2.45) is 11.7 Å². The minimum Gasteiger partial charge on any atom is -0.384 e. The fourth-order valence-corrected chi connectivity index (χ4v) is 2.61. The maximum atomic E-state index is 13.2. The molecule has 0 radical (unpaired) electrons. The molecule has 1 saturated heterocycles. The van der Waals surface area contributed by atoms with Crippen LogP contribution < -0.4 is 5.73 Å². The van der Waals surface area contributed by atoms with Gasteiger partial charge in [-0.05, 0) is 36.6 Å². The molecule has 4 nitrogen and oxygen atoms in total. The summed E-state index contributed by atoms with van der Waals surface area (Å²) < 4.78 is 18.4. The summed E-state index contributed by atoms with van der Waals surface area (Å²) in [6.07, 6.45) is 1.12. The lowest BCUT2D eigenvalue weighted by Crippen LogP contribution is -2.24. The highest BCUT2D eigenvalue weighted by Gasteiger charge is 2.23. The highest BCUT2D eigenvalue weighted by atomic mass is 19.1. The molecule has 2 rings (SSSR count). The fourth-order valence-electron chi connectivity index (χ4n) is 2.61. The number of methoxy groups -OCH3 is 1. The summed E-state index contributed by atoms with van der Waals surface area (Å²) in [6.45, 7) is 3.46. The van der Waals surface area contributed by atoms with Crippen LogP contribution in [0, 0.1) is 17.1 Å². The molecule has 1 heterocycles. The molecule has 1 fully saturated rings. The maximum Gasteiger partial charge on any atom is 0.123 e. The smallest absolute Gasteiger partial charge is 0.123 e. The van der Waals surface area contributed by atoms with Crippen molar-refractivity contribution in [2.45, 2.75) is 13.0 Å². The molecular formula is C14H20FN3O. The molecule has 1 atom stereocenters. The first kappa shape index (κ1) is 14.0. The lowest BCUT2D eigenvalue weighted by atomic mass is 10.1. The van der Waals surface area contributed by atoms with Crippen molar-refractivity contribution in [3.05, 3.63) is 35.1 Å². The first-order valence-corrected chi connectivity index (χ1v) is 6.44. The van der Waals surface area contributed by atoms with Gasteiger partial charge < -0.3 is 10.5 Å². The molecule has 0 bridgehead atoms. The number of hydrogen-bond acceptors (Lipinski definition) is 3. The number of rotatable bonds is 5. The third kappa shape index (κ3) is 3.52. The molecule has 1 aliphatic heterocycles. The first-order valence-electron chi connectivity index (χ1n) is 6.44. The van der Waals surface area contributed by atoms with Gasteiger partial charge in [0, 0.05) is 25.8 Å². The summed E-state index contributed by atoms with van der Waals surface area (Å²) in [5.74, 6) is 0.126. The van der Waals surface area contributed by atoms with Crippen LogP contribution in [0.2, 0.25) is 0 Å². The number of nitrogens with two attached hydrogens (primary N) is 1. The topological polar surface area (TPSA) is 62.3 Å². The molecule has 0 aliphatic carbocycles. The van der Waals surface area contributed by atoms with E-state index in [2.05, 4.69) is 4.90 Å². The zero-order chi connectivity index (χ0) is 13.8. The van der Waals surface area contributed by atoms with E-state index >= 15 is 0 Å². The van der Waals surface area contributed by atoms with Crippen molar-refractivity contribution in [2.75, 3.05) is 26.8 Å². The van der Waals surface area contributed by atoms with Crippen LogP contribution in [0.1, 0.15) is 17.5 Å². The average molecular weight is 265 g/mol. The van der Waals surface area contributed by atoms with Gasteiger partial charge in [-0.2, -0.15) is 0 Å². The molecule has 0 spiro atoms. The summed E-state index contributed by atoms with van der Waals surface area (Å²) in [7, 11) is 1.72. The number of halogens is 1. The van der Waals surface area contributed by atoms with Crippen molar-refractivity contribution in [3.63, 3.8) is 0 Å². The highest BCUT2D eigenvalue weighted by molar-refractivity contribution is 5.96. The Bertz CT molecular complexity index is 464. The lowest BCUT2D eigenvalue weighted by molar-refractivity contribution is 0.152. The molecule has 5 heteroatoms. The van der Waals surface area contributed by atoms with E-state index in [0.29, 0.717) is 18.0 Å². The molecule has 104 valence electrons. The van der Waals surface area contributed by atoms with Gasteiger partial charge in [0.25, 0.3) is 0 Å². The van der Waals surface area contributed by atoms with Crippen molar-refractivity contribution < 1.29 is 9.13 Å². The molecule has 1 aromatic carbocycles. The van der Waals surface area contributed by atoms with E-state index in [0.717, 1.165) is 31.7 Å². The predicted molar refractivity (Wildman–Crippen MR) is 72.7 cm³/mol. The van der Waals surface area contributed by atoms with Crippen LogP contribution in [0.3, 0.4) is 0 Å². The summed E-state index contributed by atoms with van der Waals surface area (Å²) >= 11 is 0. The summed E-state index contributed by atoms with van der Waals surface area (Å²) in [6, 6.07) is 4.47. The Labute approximate surface area is 112 Å². The normalized spacial score (nSPS) is 19.8. The highest BCUT2D eigenvalue weighted by Crippen LogP contribution is 2.20. The first-order chi connectivity index (χ1) is 9.10. The van der Waals surface area contributed by atoms with E-state index in [1.165, 1.54) is 12.1 Å². The van der Waals surface area contributed by atoms with E-state index in [1.807, 2.05) is 0 Å². The van der Waals surface area contributed by atoms with E-state index in [9.17, 15) is 4.39 Å². The van der Waals surface area contributed by atoms with Crippen LogP contribution in [0.4, 0.5) is 4.39 Å². The minimum absolute atomic E-state index is 0.0814. The average Bonchev–Trinajstić information content (AvgIpc) is 2.79. The number of amidine groups is 1. The Morgan fingerprint density at radius 1 is 1.58 bits per heavy atom. The molecule has 19 heavy (non-hydrogen) atoms. The van der Waals surface area contributed by atoms with Crippen molar-refractivity contribution in [1.29, 1.82) is 5.41 Å². The van der Waals surface area contributed by atoms with Gasteiger partial charge in [-0.3, -0.25) is 10.3 Å². The fraction of sp³-hybridized carbons (Fsp3) is 0.500. The van der Waals surface area contributed by atoms with Gasteiger partial charge in [-0.1, -0.05) is 6.07 Å². The number of likely N-dealkylation sites (tertiary alicyclic amines) is 1. The van der Waals surface area contributed by atoms with Gasteiger partial charge >= 0.3 is 0 Å². The molecular weight excluding hydrogens is 245 g/mol. The standard InChI is InChI=1S/C14H20FN3O/c1-19-9-10-4-5-18(7-10)8-11-2-3-12(15)6-13(11)14(16)17/h2-3,6,10H,4-5,7-9H2,1H3,(H3,16,17). The van der Waals surface area contributed by atoms with Crippen LogP contribution in [0.15, 0.2) is 18.2 Å². The molecule has 0 amide bonds. The van der Waals surface area contributed by atoms with Crippen LogP contribution in [-0.4, -0.2) is 37.5 Å². The Hall–Kier alpha value is -1.46. The van der Waals surface area contributed by atoms with Gasteiger partial charge in [0.15, 0.2) is 0 Å². The van der Waals surface area contributed by atoms with E-state index in [1.54, 1.807) is 13.2 Å². The summed E-state index contributed by atoms with van der Waals surface area (Å²) in [4.78, 5) is 2.30. The maximum absolute atomic E-state index is 13.2. The second-order valence-electron chi connectivity index (χ2n) is 5.06. The predicted octanol–water partition coefficient (Wildman–Crippen LogP) is 1.58. The Morgan fingerprint density at radius 3 is 3.05 bits per heavy atom. The minimum atomic E-state index is -0.354. The van der Waals surface area contributed by atoms with Gasteiger partial charge in [0.05, 0.1) is 6.61 Å². The number of ether oxygens (including phenoxy) is 1. The van der Waals surface area contributed by atoms with Gasteiger partial charge in [-0.25, -0.2) is 4.39 Å². The number of benzene rings is 1. The summed E-state index contributed by atoms with van der Waals surface area (Å²) in [5.41, 5.74) is 6.92. The van der Waals surface area contributed by atoms with Crippen LogP contribution >= 0.6 is 0 Å². The second-order valence-corrected chi connectivity index (χ2v) is 5.06. The zero-order valence-corrected chi connectivity index (χ0v) is 11.2. The number of nitrogens with one attached hydrogen (secondary N) is 1. The Balaban J connectivity index is 2.05. The third-order valence-electron chi connectivity index (χ3n) is 3.53. The summed E-state index contributed by atoms with van der Waals surface area (Å²) in [5, 5.41) is 7.53. The zero-order valence-electron chi connectivity index (χ0n) is 11.2. The Morgan fingerprint density at radius 2 is 2.37 bits per heavy atom. The van der Waals surface area contributed by atoms with Crippen LogP contribution in [0.25, 0.3) is 0 Å². The van der Waals surface area contributed by atoms with Crippen LogP contribution in [-0.2, 0) is 11.3 Å². The van der Waals surface area contributed by atoms with Crippen molar-refractivity contribution in [1.82, 2.24) is 4.90 Å². The van der Waals surface area contributed by atoms with Crippen LogP contribution in [0.5, 0.6) is 0 Å². The van der Waals surface area contributed by atoms with Gasteiger partial charge in [0.2, 0.25) is 0 Å². The molecule has 1 unspecified atom stereocenters. The molecule has 3 N–H and O–H groups in total. The SMILES string of the molecule is COCC1CCN(Cc2ccc(F)cc2C(=N)N)C1. The van der Waals surface area contributed by atoms with Crippen molar-refractivity contribution >= 4 is 5.84 Å². The third-order valence-corrected chi connectivity index (χ3v) is 3.53. The molecule has 1 aromatic rings. The van der Waals surface area contributed by atoms with E-state index in [-0.39, 0.29) is 11.7 Å². The quantitative estimate of drug-likeness (QED) is 0.627. The second kappa shape index (κ2) is 6.12. The molecule has 1 aliphatic rings. The molecule has 0 aromatic heterocycles. The Kier molecular flexibility index (Phi) is 4.50. The lowest BCUT2D eigenvalue weighted by Gasteiger charge is -2.18. The van der Waals surface area contributed by atoms with Gasteiger partial charge in [-0.15, -0.1) is 0 Å². The number of hydrogen-bond donors (Lipinski definition) is 2. The van der Waals surface area contributed by atoms with E-state index in [4.69, 9.17) is 15.9 Å². The molecule has 0 saturated carbocycles. The van der Waals surface area contributed by atoms with E-state index < -0.39 is 0 Å². The number of nitrogens with zero attached hydrogens (tertiary/aromatic N) is 1.